The first-order valence-electron chi connectivity index (χ1n) is 13.0. The third-order valence-corrected chi connectivity index (χ3v) is 11.2. The Kier molecular flexibility index (Phi) is 9.77. The standard InChI is InChI=1S/C27H41BrN2O5S/c1-7-10-13-35-26(34)20-21-24(32)30(19(15-31)16(4)5)23(27(21)14-18(28)22(20)36-27)25(33)29(12-9-3)17(6)11-8-2/h7,9,16-23,31H,1,3,8,10-15H2,2,4-6H3/t17?,18?,19-,20-,21-,22-,23?,27?/m0/s1. The lowest BCUT2D eigenvalue weighted by Gasteiger charge is -2.42. The Labute approximate surface area is 228 Å². The maximum absolute atomic E-state index is 14.4. The number of aliphatic hydroxyl groups is 1. The number of fused-ring (bicyclic) bond motifs is 1. The van der Waals surface area contributed by atoms with Gasteiger partial charge in [0.1, 0.15) is 6.04 Å². The van der Waals surface area contributed by atoms with Crippen molar-refractivity contribution in [3.63, 3.8) is 0 Å². The number of hydrogen-bond donors (Lipinski definition) is 1. The highest BCUT2D eigenvalue weighted by Crippen LogP contribution is 2.68. The molecule has 7 nitrogen and oxygen atoms in total. The first kappa shape index (κ1) is 29.2. The van der Waals surface area contributed by atoms with Crippen molar-refractivity contribution in [2.24, 2.45) is 17.8 Å². The highest BCUT2D eigenvalue weighted by Gasteiger charge is 2.76. The summed E-state index contributed by atoms with van der Waals surface area (Å²) in [4.78, 5) is 45.3. The van der Waals surface area contributed by atoms with Gasteiger partial charge in [0.2, 0.25) is 11.8 Å². The van der Waals surface area contributed by atoms with Crippen LogP contribution in [0.4, 0.5) is 0 Å². The van der Waals surface area contributed by atoms with Crippen LogP contribution < -0.4 is 0 Å². The third kappa shape index (κ3) is 4.92. The normalized spacial score (nSPS) is 32.4. The van der Waals surface area contributed by atoms with E-state index in [1.807, 2.05) is 25.7 Å². The van der Waals surface area contributed by atoms with Gasteiger partial charge >= 0.3 is 5.97 Å². The number of carbonyl (C=O) groups excluding carboxylic acids is 3. The van der Waals surface area contributed by atoms with E-state index in [9.17, 15) is 19.5 Å². The molecule has 2 amide bonds. The number of aliphatic hydroxyl groups excluding tert-OH is 1. The highest BCUT2D eigenvalue weighted by molar-refractivity contribution is 9.09. The number of amides is 2. The summed E-state index contributed by atoms with van der Waals surface area (Å²) >= 11 is 5.37. The van der Waals surface area contributed by atoms with Gasteiger partial charge in [0.05, 0.1) is 35.8 Å². The first-order chi connectivity index (χ1) is 17.1. The second-order valence-electron chi connectivity index (χ2n) is 10.6. The van der Waals surface area contributed by atoms with Crippen molar-refractivity contribution < 1.29 is 24.2 Å². The van der Waals surface area contributed by atoms with Crippen molar-refractivity contribution in [1.29, 1.82) is 0 Å². The molecule has 0 radical (unpaired) electrons. The summed E-state index contributed by atoms with van der Waals surface area (Å²) in [6.45, 7) is 15.9. The molecule has 9 heteroatoms. The smallest absolute Gasteiger partial charge is 0.310 e. The van der Waals surface area contributed by atoms with E-state index < -0.39 is 28.7 Å². The van der Waals surface area contributed by atoms with Crippen LogP contribution in [0, 0.1) is 17.8 Å². The van der Waals surface area contributed by atoms with Crippen LogP contribution in [0.25, 0.3) is 0 Å². The maximum atomic E-state index is 14.4. The minimum Gasteiger partial charge on any atom is -0.465 e. The molecular weight excluding hydrogens is 544 g/mol. The molecule has 0 saturated carbocycles. The van der Waals surface area contributed by atoms with Crippen LogP contribution >= 0.6 is 27.7 Å². The number of ether oxygens (including phenoxy) is 1. The lowest BCUT2D eigenvalue weighted by Crippen LogP contribution is -2.59. The second kappa shape index (κ2) is 12.0. The van der Waals surface area contributed by atoms with Gasteiger partial charge in [-0.1, -0.05) is 55.3 Å². The van der Waals surface area contributed by atoms with Crippen LogP contribution in [0.5, 0.6) is 0 Å². The van der Waals surface area contributed by atoms with Crippen LogP contribution in [0.15, 0.2) is 25.3 Å². The number of nitrogens with zero attached hydrogens (tertiary/aromatic N) is 2. The number of esters is 1. The molecule has 0 aromatic carbocycles. The molecule has 2 bridgehead atoms. The molecule has 0 aliphatic carbocycles. The fraction of sp³-hybridized carbons (Fsp3) is 0.741. The number of thioether (sulfide) groups is 1. The largest absolute Gasteiger partial charge is 0.465 e. The molecule has 36 heavy (non-hydrogen) atoms. The minimum absolute atomic E-state index is 0.0219. The summed E-state index contributed by atoms with van der Waals surface area (Å²) < 4.78 is 4.81. The number of alkyl halides is 1. The molecule has 3 rings (SSSR count). The van der Waals surface area contributed by atoms with Gasteiger partial charge in [0.15, 0.2) is 0 Å². The molecule has 0 aromatic rings. The Balaban J connectivity index is 2.10. The van der Waals surface area contributed by atoms with Gasteiger partial charge in [0.25, 0.3) is 0 Å². The predicted octanol–water partition coefficient (Wildman–Crippen LogP) is 3.79. The fourth-order valence-corrected chi connectivity index (χ4v) is 9.87. The SMILES string of the molecule is C=CCCOC(=O)[C@H]1[C@H]2C(=O)N([C@@H](CO)C(C)C)C(C(=O)N(CC=C)C(C)CCC)C23CC(Br)[C@@H]1S3. The Morgan fingerprint density at radius 1 is 1.33 bits per heavy atom. The van der Waals surface area contributed by atoms with E-state index in [1.165, 1.54) is 0 Å². The van der Waals surface area contributed by atoms with Crippen molar-refractivity contribution in [2.75, 3.05) is 19.8 Å². The van der Waals surface area contributed by atoms with E-state index in [0.717, 1.165) is 12.8 Å². The summed E-state index contributed by atoms with van der Waals surface area (Å²) in [5, 5.41) is 10.2. The van der Waals surface area contributed by atoms with Gasteiger partial charge in [0, 0.05) is 22.7 Å². The Hall–Kier alpha value is -1.32. The number of likely N-dealkylation sites (tertiary alicyclic amines) is 1. The van der Waals surface area contributed by atoms with Crippen molar-refractivity contribution in [1.82, 2.24) is 9.80 Å². The minimum atomic E-state index is -0.769. The molecule has 202 valence electrons. The molecular formula is C27H41BrN2O5S. The zero-order valence-corrected chi connectivity index (χ0v) is 24.3. The van der Waals surface area contributed by atoms with E-state index >= 15 is 0 Å². The van der Waals surface area contributed by atoms with Gasteiger partial charge in [-0.15, -0.1) is 24.9 Å². The van der Waals surface area contributed by atoms with Crippen LogP contribution in [-0.2, 0) is 19.1 Å². The van der Waals surface area contributed by atoms with Gasteiger partial charge in [-0.25, -0.2) is 0 Å². The van der Waals surface area contributed by atoms with Crippen LogP contribution in [0.3, 0.4) is 0 Å². The molecule has 4 unspecified atom stereocenters. The molecule has 3 heterocycles. The number of rotatable bonds is 13. The van der Waals surface area contributed by atoms with Gasteiger partial charge < -0.3 is 19.6 Å². The number of carbonyl (C=O) groups is 3. The quantitative estimate of drug-likeness (QED) is 0.153. The molecule has 3 fully saturated rings. The van der Waals surface area contributed by atoms with Crippen molar-refractivity contribution in [3.8, 4) is 0 Å². The molecule has 3 saturated heterocycles. The summed E-state index contributed by atoms with van der Waals surface area (Å²) in [6, 6.07) is -1.32. The Bertz CT molecular complexity index is 869. The zero-order chi connectivity index (χ0) is 26.8. The fourth-order valence-electron chi connectivity index (χ4n) is 6.29. The summed E-state index contributed by atoms with van der Waals surface area (Å²) in [7, 11) is 0. The molecule has 1 spiro atoms. The topological polar surface area (TPSA) is 87.1 Å². The van der Waals surface area contributed by atoms with Gasteiger partial charge in [-0.05, 0) is 32.1 Å². The van der Waals surface area contributed by atoms with E-state index in [-0.39, 0.29) is 53.0 Å². The van der Waals surface area contributed by atoms with Crippen molar-refractivity contribution >= 4 is 45.5 Å². The molecule has 3 aliphatic heterocycles. The Morgan fingerprint density at radius 2 is 2.03 bits per heavy atom. The lowest BCUT2D eigenvalue weighted by molar-refractivity contribution is -0.154. The van der Waals surface area contributed by atoms with Crippen LogP contribution in [0.2, 0.25) is 0 Å². The molecule has 0 aromatic heterocycles. The van der Waals surface area contributed by atoms with Crippen molar-refractivity contribution in [2.45, 2.75) is 86.3 Å². The number of hydrogen-bond acceptors (Lipinski definition) is 6. The number of halogens is 1. The van der Waals surface area contributed by atoms with Gasteiger partial charge in [-0.3, -0.25) is 14.4 Å². The van der Waals surface area contributed by atoms with Crippen LogP contribution in [0.1, 0.15) is 53.4 Å². The van der Waals surface area contributed by atoms with E-state index in [2.05, 4.69) is 36.0 Å². The molecule has 1 N–H and O–H groups in total. The average Bonchev–Trinajstić information content (AvgIpc) is 3.41. The predicted molar refractivity (Wildman–Crippen MR) is 147 cm³/mol. The second-order valence-corrected chi connectivity index (χ2v) is 13.3. The lowest BCUT2D eigenvalue weighted by atomic mass is 9.71. The van der Waals surface area contributed by atoms with Crippen molar-refractivity contribution in [3.05, 3.63) is 25.3 Å². The van der Waals surface area contributed by atoms with Gasteiger partial charge in [-0.2, -0.15) is 0 Å². The molecule has 3 aliphatic rings. The maximum Gasteiger partial charge on any atom is 0.310 e. The van der Waals surface area contributed by atoms with Crippen LogP contribution in [-0.4, -0.2) is 85.4 Å². The van der Waals surface area contributed by atoms with E-state index in [4.69, 9.17) is 4.74 Å². The summed E-state index contributed by atoms with van der Waals surface area (Å²) in [6.07, 6.45) is 6.30. The first-order valence-corrected chi connectivity index (χ1v) is 14.8. The zero-order valence-electron chi connectivity index (χ0n) is 21.9. The monoisotopic (exact) mass is 584 g/mol. The van der Waals surface area contributed by atoms with E-state index in [0.29, 0.717) is 19.4 Å². The van der Waals surface area contributed by atoms with E-state index in [1.54, 1.807) is 28.8 Å². The molecule has 8 atom stereocenters. The average molecular weight is 586 g/mol. The summed E-state index contributed by atoms with van der Waals surface area (Å²) in [5.41, 5.74) is 0. The Morgan fingerprint density at radius 3 is 2.58 bits per heavy atom. The highest BCUT2D eigenvalue weighted by atomic mass is 79.9. The summed E-state index contributed by atoms with van der Waals surface area (Å²) in [5.74, 6) is -2.10. The third-order valence-electron chi connectivity index (χ3n) is 7.96.